The summed E-state index contributed by atoms with van der Waals surface area (Å²) in [6, 6.07) is 25.5. The number of carbonyl (C=O) groups is 1. The van der Waals surface area contributed by atoms with E-state index in [0.717, 1.165) is 44.8 Å². The molecule has 1 heterocycles. The van der Waals surface area contributed by atoms with Crippen molar-refractivity contribution in [2.24, 2.45) is 0 Å². The van der Waals surface area contributed by atoms with E-state index in [2.05, 4.69) is 0 Å². The minimum atomic E-state index is -0.978. The topological polar surface area (TPSA) is 59.4 Å². The lowest BCUT2D eigenvalue weighted by Gasteiger charge is -2.10. The minimum absolute atomic E-state index is 0.484. The first-order valence-corrected chi connectivity index (χ1v) is 10.3. The molecule has 30 heavy (non-hydrogen) atoms. The standard InChI is InChI=1S/C25H19NO3S/c27-24(28)15-14-19-10-4-5-11-20(19)25-26-22(17-30-25)21-12-6-7-13-23(21)29-16-18-8-2-1-3-9-18/h1-15,17H,16H2,(H,27,28)/b15-14-. The fraction of sp³-hybridized carbons (Fsp3) is 0.0400. The highest BCUT2D eigenvalue weighted by Gasteiger charge is 2.13. The van der Waals surface area contributed by atoms with Crippen molar-refractivity contribution in [3.63, 3.8) is 0 Å². The lowest BCUT2D eigenvalue weighted by atomic mass is 10.1. The Morgan fingerprint density at radius 3 is 2.43 bits per heavy atom. The number of carboxylic acid groups (broad SMARTS) is 1. The molecular formula is C25H19NO3S. The second-order valence-electron chi connectivity index (χ2n) is 6.57. The van der Waals surface area contributed by atoms with E-state index in [1.807, 2.05) is 84.2 Å². The van der Waals surface area contributed by atoms with Crippen LogP contribution in [-0.2, 0) is 11.4 Å². The molecule has 0 aliphatic rings. The smallest absolute Gasteiger partial charge is 0.328 e. The Balaban J connectivity index is 1.62. The zero-order chi connectivity index (χ0) is 20.8. The van der Waals surface area contributed by atoms with Crippen LogP contribution in [0.3, 0.4) is 0 Å². The molecule has 0 bridgehead atoms. The summed E-state index contributed by atoms with van der Waals surface area (Å²) in [5.41, 5.74) is 4.57. The molecule has 0 saturated heterocycles. The monoisotopic (exact) mass is 413 g/mol. The predicted octanol–water partition coefficient (Wildman–Crippen LogP) is 6.15. The SMILES string of the molecule is O=C(O)/C=C\c1ccccc1-c1nc(-c2ccccc2OCc2ccccc2)cs1. The van der Waals surface area contributed by atoms with Crippen LogP contribution >= 0.6 is 11.3 Å². The molecule has 4 nitrogen and oxygen atoms in total. The quantitative estimate of drug-likeness (QED) is 0.369. The maximum absolute atomic E-state index is 10.9. The van der Waals surface area contributed by atoms with E-state index in [1.54, 1.807) is 6.08 Å². The average molecular weight is 413 g/mol. The summed E-state index contributed by atoms with van der Waals surface area (Å²) in [4.78, 5) is 15.7. The van der Waals surface area contributed by atoms with Crippen molar-refractivity contribution in [1.29, 1.82) is 0 Å². The van der Waals surface area contributed by atoms with Crippen LogP contribution in [-0.4, -0.2) is 16.1 Å². The summed E-state index contributed by atoms with van der Waals surface area (Å²) >= 11 is 1.52. The Morgan fingerprint density at radius 2 is 1.63 bits per heavy atom. The first kappa shape index (κ1) is 19.6. The zero-order valence-electron chi connectivity index (χ0n) is 16.1. The van der Waals surface area contributed by atoms with E-state index in [0.29, 0.717) is 6.61 Å². The predicted molar refractivity (Wildman–Crippen MR) is 120 cm³/mol. The molecule has 4 aromatic rings. The molecule has 0 atom stereocenters. The van der Waals surface area contributed by atoms with Gasteiger partial charge in [0.1, 0.15) is 17.4 Å². The summed E-state index contributed by atoms with van der Waals surface area (Å²) in [6.45, 7) is 0.484. The third kappa shape index (κ3) is 4.64. The molecule has 0 saturated carbocycles. The van der Waals surface area contributed by atoms with Gasteiger partial charge in [0.2, 0.25) is 0 Å². The fourth-order valence-electron chi connectivity index (χ4n) is 3.06. The molecule has 5 heteroatoms. The zero-order valence-corrected chi connectivity index (χ0v) is 16.9. The molecule has 148 valence electrons. The number of para-hydroxylation sites is 1. The summed E-state index contributed by atoms with van der Waals surface area (Å²) < 4.78 is 6.07. The number of rotatable bonds is 7. The highest BCUT2D eigenvalue weighted by atomic mass is 32.1. The highest BCUT2D eigenvalue weighted by molar-refractivity contribution is 7.13. The number of benzene rings is 3. The Kier molecular flexibility index (Phi) is 6.01. The largest absolute Gasteiger partial charge is 0.488 e. The van der Waals surface area contributed by atoms with E-state index in [4.69, 9.17) is 14.8 Å². The highest BCUT2D eigenvalue weighted by Crippen LogP contribution is 2.35. The van der Waals surface area contributed by atoms with Crippen LogP contribution in [0.4, 0.5) is 0 Å². The molecule has 3 aromatic carbocycles. The maximum Gasteiger partial charge on any atom is 0.328 e. The summed E-state index contributed by atoms with van der Waals surface area (Å²) in [5, 5.41) is 11.8. The van der Waals surface area contributed by atoms with Gasteiger partial charge < -0.3 is 9.84 Å². The third-order valence-electron chi connectivity index (χ3n) is 4.50. The van der Waals surface area contributed by atoms with Crippen LogP contribution in [0.15, 0.2) is 90.3 Å². The molecule has 0 aliphatic carbocycles. The van der Waals surface area contributed by atoms with Crippen LogP contribution in [0.5, 0.6) is 5.75 Å². The number of ether oxygens (including phenoxy) is 1. The van der Waals surface area contributed by atoms with E-state index in [-0.39, 0.29) is 0 Å². The van der Waals surface area contributed by atoms with Gasteiger partial charge in [0.05, 0.1) is 5.69 Å². The molecule has 0 amide bonds. The Morgan fingerprint density at radius 1 is 0.933 bits per heavy atom. The molecule has 1 aromatic heterocycles. The van der Waals surface area contributed by atoms with Crippen molar-refractivity contribution in [3.05, 3.63) is 101 Å². The van der Waals surface area contributed by atoms with E-state index in [1.165, 1.54) is 11.3 Å². The first-order chi connectivity index (χ1) is 14.7. The first-order valence-electron chi connectivity index (χ1n) is 9.43. The van der Waals surface area contributed by atoms with Crippen LogP contribution in [0, 0.1) is 0 Å². The van der Waals surface area contributed by atoms with E-state index in [9.17, 15) is 4.79 Å². The van der Waals surface area contributed by atoms with Gasteiger partial charge in [-0.1, -0.05) is 66.7 Å². The fourth-order valence-corrected chi connectivity index (χ4v) is 3.93. The number of aromatic nitrogens is 1. The van der Waals surface area contributed by atoms with Gasteiger partial charge >= 0.3 is 5.97 Å². The number of thiazole rings is 1. The van der Waals surface area contributed by atoms with Crippen LogP contribution in [0.2, 0.25) is 0 Å². The van der Waals surface area contributed by atoms with Crippen molar-refractivity contribution >= 4 is 23.4 Å². The van der Waals surface area contributed by atoms with Crippen molar-refractivity contribution in [2.45, 2.75) is 6.61 Å². The third-order valence-corrected chi connectivity index (χ3v) is 5.38. The van der Waals surface area contributed by atoms with Crippen molar-refractivity contribution in [1.82, 2.24) is 4.98 Å². The number of aliphatic carboxylic acids is 1. The molecule has 0 unspecified atom stereocenters. The lowest BCUT2D eigenvalue weighted by Crippen LogP contribution is -1.96. The van der Waals surface area contributed by atoms with Gasteiger partial charge in [-0.15, -0.1) is 11.3 Å². The number of carboxylic acids is 1. The van der Waals surface area contributed by atoms with E-state index >= 15 is 0 Å². The van der Waals surface area contributed by atoms with Crippen LogP contribution in [0.25, 0.3) is 27.9 Å². The lowest BCUT2D eigenvalue weighted by molar-refractivity contribution is -0.131. The van der Waals surface area contributed by atoms with Crippen molar-refractivity contribution in [2.75, 3.05) is 0 Å². The maximum atomic E-state index is 10.9. The van der Waals surface area contributed by atoms with Gasteiger partial charge in [0.15, 0.2) is 0 Å². The summed E-state index contributed by atoms with van der Waals surface area (Å²) in [7, 11) is 0. The number of nitrogens with zero attached hydrogens (tertiary/aromatic N) is 1. The Bertz CT molecular complexity index is 1180. The molecule has 0 aliphatic heterocycles. The minimum Gasteiger partial charge on any atom is -0.488 e. The van der Waals surface area contributed by atoms with Gasteiger partial charge in [-0.3, -0.25) is 0 Å². The molecule has 0 fully saturated rings. The molecule has 4 rings (SSSR count). The Labute approximate surface area is 178 Å². The number of hydrogen-bond donors (Lipinski definition) is 1. The second-order valence-corrected chi connectivity index (χ2v) is 7.43. The van der Waals surface area contributed by atoms with Gasteiger partial charge in [0, 0.05) is 22.6 Å². The molecule has 1 N–H and O–H groups in total. The molecular weight excluding hydrogens is 394 g/mol. The van der Waals surface area contributed by atoms with Crippen molar-refractivity contribution in [3.8, 4) is 27.6 Å². The van der Waals surface area contributed by atoms with E-state index < -0.39 is 5.97 Å². The summed E-state index contributed by atoms with van der Waals surface area (Å²) in [6.07, 6.45) is 2.73. The van der Waals surface area contributed by atoms with Gasteiger partial charge in [-0.2, -0.15) is 0 Å². The second kappa shape index (κ2) is 9.20. The summed E-state index contributed by atoms with van der Waals surface area (Å²) in [5.74, 6) is -0.202. The molecule has 0 spiro atoms. The van der Waals surface area contributed by atoms with Crippen LogP contribution in [0.1, 0.15) is 11.1 Å². The Hall–Kier alpha value is -3.70. The normalized spacial score (nSPS) is 10.9. The van der Waals surface area contributed by atoms with Gasteiger partial charge in [-0.05, 0) is 29.3 Å². The van der Waals surface area contributed by atoms with Crippen LogP contribution < -0.4 is 4.74 Å². The van der Waals surface area contributed by atoms with Gasteiger partial charge in [-0.25, -0.2) is 9.78 Å². The van der Waals surface area contributed by atoms with Crippen molar-refractivity contribution < 1.29 is 14.6 Å². The average Bonchev–Trinajstić information content (AvgIpc) is 3.27. The van der Waals surface area contributed by atoms with Gasteiger partial charge in [0.25, 0.3) is 0 Å². The molecule has 0 radical (unpaired) electrons. The number of hydrogen-bond acceptors (Lipinski definition) is 4.